The second kappa shape index (κ2) is 15.8. The summed E-state index contributed by atoms with van der Waals surface area (Å²) in [6, 6.07) is 69.3. The van der Waals surface area contributed by atoms with Crippen molar-refractivity contribution in [3.63, 3.8) is 0 Å². The fourth-order valence-electron chi connectivity index (χ4n) is 6.78. The molecule has 260 valence electrons. The van der Waals surface area contributed by atoms with Gasteiger partial charge in [-0.25, -0.2) is 0 Å². The smallest absolute Gasteiger partial charge is 0.0462 e. The fraction of sp³-hybridized carbons (Fsp3) is 0.0385. The predicted molar refractivity (Wildman–Crippen MR) is 234 cm³/mol. The van der Waals surface area contributed by atoms with Crippen molar-refractivity contribution in [3.8, 4) is 0 Å². The number of nitrogens with zero attached hydrogens (tertiary/aromatic N) is 2. The molecular weight excluding hydrogens is 653 g/mol. The van der Waals surface area contributed by atoms with Crippen LogP contribution in [0.1, 0.15) is 33.4 Å². The molecule has 2 nitrogen and oxygen atoms in total. The van der Waals surface area contributed by atoms with Crippen LogP contribution < -0.4 is 9.80 Å². The van der Waals surface area contributed by atoms with E-state index in [1.807, 2.05) is 0 Å². The summed E-state index contributed by atoms with van der Waals surface area (Å²) in [4.78, 5) is 4.59. The summed E-state index contributed by atoms with van der Waals surface area (Å²) < 4.78 is 0. The van der Waals surface area contributed by atoms with Crippen molar-refractivity contribution in [1.29, 1.82) is 0 Å². The number of benzene rings is 8. The van der Waals surface area contributed by atoms with Crippen LogP contribution in [0.4, 0.5) is 34.1 Å². The zero-order chi connectivity index (χ0) is 36.7. The maximum atomic E-state index is 2.29. The van der Waals surface area contributed by atoms with E-state index in [2.05, 4.69) is 242 Å². The molecule has 0 aliphatic heterocycles. The summed E-state index contributed by atoms with van der Waals surface area (Å²) in [6.07, 6.45) is 8.76. The van der Waals surface area contributed by atoms with Crippen LogP contribution in [0, 0.1) is 13.8 Å². The van der Waals surface area contributed by atoms with E-state index in [1.165, 1.54) is 33.0 Å². The Labute approximate surface area is 319 Å². The van der Waals surface area contributed by atoms with Gasteiger partial charge < -0.3 is 9.80 Å². The van der Waals surface area contributed by atoms with Crippen molar-refractivity contribution in [1.82, 2.24) is 0 Å². The van der Waals surface area contributed by atoms with Crippen LogP contribution in [0.3, 0.4) is 0 Å². The minimum atomic E-state index is 1.13. The molecule has 8 rings (SSSR count). The van der Waals surface area contributed by atoms with E-state index < -0.39 is 0 Å². The topological polar surface area (TPSA) is 6.48 Å². The van der Waals surface area contributed by atoms with Crippen LogP contribution in [0.25, 0.3) is 35.1 Å². The molecule has 0 aliphatic rings. The molecule has 0 saturated heterocycles. The first kappa shape index (κ1) is 34.2. The van der Waals surface area contributed by atoms with Crippen LogP contribution in [0.15, 0.2) is 194 Å². The van der Waals surface area contributed by atoms with Gasteiger partial charge in [0.05, 0.1) is 0 Å². The van der Waals surface area contributed by atoms with Crippen LogP contribution >= 0.6 is 0 Å². The van der Waals surface area contributed by atoms with E-state index >= 15 is 0 Å². The van der Waals surface area contributed by atoms with E-state index in [1.54, 1.807) is 0 Å². The van der Waals surface area contributed by atoms with Crippen molar-refractivity contribution >= 4 is 69.2 Å². The summed E-state index contributed by atoms with van der Waals surface area (Å²) in [5.74, 6) is 0. The largest absolute Gasteiger partial charge is 0.311 e. The van der Waals surface area contributed by atoms with Gasteiger partial charge in [0.25, 0.3) is 0 Å². The minimum Gasteiger partial charge on any atom is -0.311 e. The third-order valence-corrected chi connectivity index (χ3v) is 9.74. The van der Waals surface area contributed by atoms with Gasteiger partial charge in [0.1, 0.15) is 0 Å². The number of hydrogen-bond acceptors (Lipinski definition) is 2. The Morgan fingerprint density at radius 1 is 0.278 bits per heavy atom. The molecule has 0 saturated carbocycles. The average molecular weight is 695 g/mol. The standard InChI is InChI=1S/C52H42N2/c1-39-13-29-49(30-14-39)53(47-9-5-3-6-10-47)51-33-23-41(24-34-51)17-19-43-21-27-46-38-44(22-28-45(46)37-43)20-18-42-25-35-52(36-26-42)54(48-11-7-4-8-12-48)50-31-15-40(2)16-32-50/h3-38H,1-2H3. The van der Waals surface area contributed by atoms with Gasteiger partial charge in [-0.05, 0) is 132 Å². The van der Waals surface area contributed by atoms with Gasteiger partial charge in [-0.3, -0.25) is 0 Å². The first-order valence-electron chi connectivity index (χ1n) is 18.5. The van der Waals surface area contributed by atoms with Crippen LogP contribution in [-0.2, 0) is 0 Å². The number of anilines is 6. The molecule has 0 spiro atoms. The van der Waals surface area contributed by atoms with Gasteiger partial charge in [0, 0.05) is 34.1 Å². The molecule has 0 amide bonds. The van der Waals surface area contributed by atoms with Crippen molar-refractivity contribution in [2.45, 2.75) is 13.8 Å². The molecule has 0 heterocycles. The molecule has 8 aromatic carbocycles. The third-order valence-electron chi connectivity index (χ3n) is 9.74. The van der Waals surface area contributed by atoms with Gasteiger partial charge >= 0.3 is 0 Å². The normalized spacial score (nSPS) is 11.4. The highest BCUT2D eigenvalue weighted by atomic mass is 15.1. The SMILES string of the molecule is Cc1ccc(N(c2ccccc2)c2ccc(C=Cc3ccc4cc(C=Cc5ccc(N(c6ccccc6)c6ccc(C)cc6)cc5)ccc4c3)cc2)cc1. The van der Waals surface area contributed by atoms with Crippen molar-refractivity contribution in [2.75, 3.05) is 9.80 Å². The molecule has 0 radical (unpaired) electrons. The Morgan fingerprint density at radius 3 is 0.907 bits per heavy atom. The fourth-order valence-corrected chi connectivity index (χ4v) is 6.78. The molecular formula is C52H42N2. The monoisotopic (exact) mass is 694 g/mol. The Bertz CT molecular complexity index is 2330. The number of para-hydroxylation sites is 2. The van der Waals surface area contributed by atoms with Crippen molar-refractivity contribution in [2.24, 2.45) is 0 Å². The summed E-state index contributed by atoms with van der Waals surface area (Å²) in [5.41, 5.74) is 14.0. The Balaban J connectivity index is 0.954. The second-order valence-corrected chi connectivity index (χ2v) is 13.7. The van der Waals surface area contributed by atoms with E-state index in [0.717, 1.165) is 45.3 Å². The molecule has 0 fully saturated rings. The molecule has 0 bridgehead atoms. The lowest BCUT2D eigenvalue weighted by Crippen LogP contribution is -2.09. The molecule has 0 atom stereocenters. The number of aryl methyl sites for hydroxylation is 2. The van der Waals surface area contributed by atoms with Gasteiger partial charge in [-0.2, -0.15) is 0 Å². The maximum absolute atomic E-state index is 2.29. The first-order valence-corrected chi connectivity index (χ1v) is 18.5. The number of fused-ring (bicyclic) bond motifs is 1. The predicted octanol–water partition coefficient (Wildman–Crippen LogP) is 14.7. The van der Waals surface area contributed by atoms with Gasteiger partial charge in [0.2, 0.25) is 0 Å². The Kier molecular flexibility index (Phi) is 9.99. The van der Waals surface area contributed by atoms with E-state index in [0.29, 0.717) is 0 Å². The Hall–Kier alpha value is -6.90. The third kappa shape index (κ3) is 7.94. The van der Waals surface area contributed by atoms with Crippen LogP contribution in [-0.4, -0.2) is 0 Å². The molecule has 2 heteroatoms. The number of hydrogen-bond donors (Lipinski definition) is 0. The molecule has 0 unspecified atom stereocenters. The van der Waals surface area contributed by atoms with E-state index in [-0.39, 0.29) is 0 Å². The molecule has 54 heavy (non-hydrogen) atoms. The molecule has 8 aromatic rings. The lowest BCUT2D eigenvalue weighted by Gasteiger charge is -2.25. The van der Waals surface area contributed by atoms with Gasteiger partial charge in [-0.1, -0.05) is 145 Å². The maximum Gasteiger partial charge on any atom is 0.0462 e. The lowest BCUT2D eigenvalue weighted by atomic mass is 10.0. The zero-order valence-electron chi connectivity index (χ0n) is 30.7. The zero-order valence-corrected chi connectivity index (χ0v) is 30.7. The van der Waals surface area contributed by atoms with Crippen molar-refractivity contribution < 1.29 is 0 Å². The highest BCUT2D eigenvalue weighted by Gasteiger charge is 2.13. The molecule has 0 aliphatic carbocycles. The Morgan fingerprint density at radius 2 is 0.556 bits per heavy atom. The van der Waals surface area contributed by atoms with E-state index in [4.69, 9.17) is 0 Å². The lowest BCUT2D eigenvalue weighted by molar-refractivity contribution is 1.27. The quantitative estimate of drug-likeness (QED) is 0.132. The highest BCUT2D eigenvalue weighted by molar-refractivity contribution is 5.89. The first-order chi connectivity index (χ1) is 26.6. The average Bonchev–Trinajstić information content (AvgIpc) is 3.22. The van der Waals surface area contributed by atoms with Crippen LogP contribution in [0.2, 0.25) is 0 Å². The summed E-state index contributed by atoms with van der Waals surface area (Å²) in [6.45, 7) is 4.24. The molecule has 0 N–H and O–H groups in total. The van der Waals surface area contributed by atoms with Crippen molar-refractivity contribution in [3.05, 3.63) is 228 Å². The van der Waals surface area contributed by atoms with Crippen LogP contribution in [0.5, 0.6) is 0 Å². The minimum absolute atomic E-state index is 1.13. The summed E-state index contributed by atoms with van der Waals surface area (Å²) in [7, 11) is 0. The summed E-state index contributed by atoms with van der Waals surface area (Å²) >= 11 is 0. The number of rotatable bonds is 10. The summed E-state index contributed by atoms with van der Waals surface area (Å²) in [5, 5.41) is 2.45. The van der Waals surface area contributed by atoms with Gasteiger partial charge in [0.15, 0.2) is 0 Å². The highest BCUT2D eigenvalue weighted by Crippen LogP contribution is 2.36. The second-order valence-electron chi connectivity index (χ2n) is 13.7. The van der Waals surface area contributed by atoms with E-state index in [9.17, 15) is 0 Å². The molecule has 0 aromatic heterocycles. The van der Waals surface area contributed by atoms with Gasteiger partial charge in [-0.15, -0.1) is 0 Å².